The minimum Gasteiger partial charge on any atom is -0.489 e. The van der Waals surface area contributed by atoms with Gasteiger partial charge in [-0.2, -0.15) is 0 Å². The Labute approximate surface area is 110 Å². The van der Waals surface area contributed by atoms with Crippen molar-refractivity contribution in [3.63, 3.8) is 0 Å². The predicted octanol–water partition coefficient (Wildman–Crippen LogP) is 3.08. The summed E-state index contributed by atoms with van der Waals surface area (Å²) in [5.74, 6) is 1.06. The minimum absolute atomic E-state index is 0.310. The summed E-state index contributed by atoms with van der Waals surface area (Å²) in [6.07, 6.45) is 7.84. The van der Waals surface area contributed by atoms with Gasteiger partial charge in [-0.25, -0.2) is 0 Å². The summed E-state index contributed by atoms with van der Waals surface area (Å²) >= 11 is 0. The summed E-state index contributed by atoms with van der Waals surface area (Å²) < 4.78 is 6.10. The van der Waals surface area contributed by atoms with Gasteiger partial charge in [0.25, 0.3) is 0 Å². The van der Waals surface area contributed by atoms with Crippen LogP contribution in [0.2, 0.25) is 0 Å². The van der Waals surface area contributed by atoms with Crippen LogP contribution in [0.4, 0.5) is 0 Å². The lowest BCUT2D eigenvalue weighted by atomic mass is 10.1. The van der Waals surface area contributed by atoms with Gasteiger partial charge in [0.1, 0.15) is 11.9 Å². The van der Waals surface area contributed by atoms with Crippen LogP contribution in [0.1, 0.15) is 43.7 Å². The maximum atomic E-state index is 6.10. The van der Waals surface area contributed by atoms with Gasteiger partial charge >= 0.3 is 0 Å². The number of hydrogen-bond donors (Lipinski definition) is 1. The zero-order chi connectivity index (χ0) is 12.4. The fourth-order valence-corrected chi connectivity index (χ4v) is 2.67. The molecular weight excluding hydrogens is 222 g/mol. The number of fused-ring (bicyclic) bond motifs is 1. The average Bonchev–Trinajstić information content (AvgIpc) is 3.10. The second kappa shape index (κ2) is 5.31. The Bertz CT molecular complexity index is 412. The summed E-state index contributed by atoms with van der Waals surface area (Å²) in [5, 5.41) is 3.56. The molecule has 0 saturated heterocycles. The molecule has 0 aromatic heterocycles. The second-order valence-corrected chi connectivity index (χ2v) is 5.61. The molecule has 3 rings (SSSR count). The second-order valence-electron chi connectivity index (χ2n) is 5.61. The minimum atomic E-state index is 0.310. The summed E-state index contributed by atoms with van der Waals surface area (Å²) in [7, 11) is 0. The highest BCUT2D eigenvalue weighted by molar-refractivity contribution is 5.38. The van der Waals surface area contributed by atoms with Gasteiger partial charge < -0.3 is 10.1 Å². The standard InChI is InChI=1S/C16H23NO/c1-2-15(11-17-14-7-8-14)18-16-9-6-12-4-3-5-13(12)10-16/h6,9-10,14-15,17H,2-5,7-8,11H2,1H3. The molecule has 1 aromatic rings. The van der Waals surface area contributed by atoms with Crippen LogP contribution in [0.15, 0.2) is 18.2 Å². The van der Waals surface area contributed by atoms with E-state index >= 15 is 0 Å². The van der Waals surface area contributed by atoms with Gasteiger partial charge in [0.15, 0.2) is 0 Å². The first-order chi connectivity index (χ1) is 8.85. The van der Waals surface area contributed by atoms with Gasteiger partial charge in [-0.3, -0.25) is 0 Å². The van der Waals surface area contributed by atoms with E-state index in [0.717, 1.165) is 24.8 Å². The molecule has 1 fully saturated rings. The van der Waals surface area contributed by atoms with Crippen molar-refractivity contribution in [1.82, 2.24) is 5.32 Å². The van der Waals surface area contributed by atoms with E-state index in [0.29, 0.717) is 6.10 Å². The Morgan fingerprint density at radius 2 is 2.11 bits per heavy atom. The number of hydrogen-bond acceptors (Lipinski definition) is 2. The molecule has 0 heterocycles. The molecule has 1 unspecified atom stereocenters. The lowest BCUT2D eigenvalue weighted by Crippen LogP contribution is -2.32. The molecule has 1 aromatic carbocycles. The number of benzene rings is 1. The summed E-state index contributed by atoms with van der Waals surface area (Å²) in [5.41, 5.74) is 3.02. The third kappa shape index (κ3) is 2.86. The number of ether oxygens (including phenoxy) is 1. The van der Waals surface area contributed by atoms with Crippen molar-refractivity contribution in [2.75, 3.05) is 6.54 Å². The quantitative estimate of drug-likeness (QED) is 0.831. The van der Waals surface area contributed by atoms with Crippen molar-refractivity contribution < 1.29 is 4.74 Å². The van der Waals surface area contributed by atoms with Crippen molar-refractivity contribution in [2.24, 2.45) is 0 Å². The molecule has 2 heteroatoms. The van der Waals surface area contributed by atoms with Crippen LogP contribution in [0, 0.1) is 0 Å². The molecule has 2 nitrogen and oxygen atoms in total. The lowest BCUT2D eigenvalue weighted by Gasteiger charge is -2.18. The first-order valence-corrected chi connectivity index (χ1v) is 7.37. The Balaban J connectivity index is 1.59. The Kier molecular flexibility index (Phi) is 3.55. The fraction of sp³-hybridized carbons (Fsp3) is 0.625. The van der Waals surface area contributed by atoms with Crippen LogP contribution in [-0.4, -0.2) is 18.7 Å². The molecule has 0 radical (unpaired) electrons. The average molecular weight is 245 g/mol. The van der Waals surface area contributed by atoms with Gasteiger partial charge in [0, 0.05) is 12.6 Å². The summed E-state index contributed by atoms with van der Waals surface area (Å²) in [4.78, 5) is 0. The maximum absolute atomic E-state index is 6.10. The van der Waals surface area contributed by atoms with Crippen molar-refractivity contribution in [3.8, 4) is 5.75 Å². The third-order valence-corrected chi connectivity index (χ3v) is 4.04. The van der Waals surface area contributed by atoms with E-state index in [1.54, 1.807) is 0 Å². The zero-order valence-electron chi connectivity index (χ0n) is 11.2. The molecule has 1 atom stereocenters. The highest BCUT2D eigenvalue weighted by atomic mass is 16.5. The van der Waals surface area contributed by atoms with E-state index in [4.69, 9.17) is 4.74 Å². The number of nitrogens with one attached hydrogen (secondary N) is 1. The van der Waals surface area contributed by atoms with E-state index in [2.05, 4.69) is 30.4 Å². The molecule has 0 bridgehead atoms. The van der Waals surface area contributed by atoms with Gasteiger partial charge in [0.2, 0.25) is 0 Å². The van der Waals surface area contributed by atoms with Crippen LogP contribution >= 0.6 is 0 Å². The first kappa shape index (κ1) is 12.0. The molecule has 0 amide bonds. The number of rotatable bonds is 6. The lowest BCUT2D eigenvalue weighted by molar-refractivity contribution is 0.192. The first-order valence-electron chi connectivity index (χ1n) is 7.37. The van der Waals surface area contributed by atoms with Crippen LogP contribution < -0.4 is 10.1 Å². The van der Waals surface area contributed by atoms with E-state index in [9.17, 15) is 0 Å². The molecule has 98 valence electrons. The zero-order valence-corrected chi connectivity index (χ0v) is 11.2. The normalized spacial score (nSPS) is 19.6. The van der Waals surface area contributed by atoms with E-state index in [-0.39, 0.29) is 0 Å². The Morgan fingerprint density at radius 3 is 2.89 bits per heavy atom. The highest BCUT2D eigenvalue weighted by Crippen LogP contribution is 2.27. The molecule has 0 aliphatic heterocycles. The fourth-order valence-electron chi connectivity index (χ4n) is 2.67. The highest BCUT2D eigenvalue weighted by Gasteiger charge is 2.22. The molecular formula is C16H23NO. The van der Waals surface area contributed by atoms with E-state index in [1.165, 1.54) is 43.2 Å². The monoisotopic (exact) mass is 245 g/mol. The van der Waals surface area contributed by atoms with Crippen molar-refractivity contribution in [1.29, 1.82) is 0 Å². The van der Waals surface area contributed by atoms with E-state index in [1.807, 2.05) is 0 Å². The predicted molar refractivity (Wildman–Crippen MR) is 74.2 cm³/mol. The van der Waals surface area contributed by atoms with Crippen molar-refractivity contribution in [2.45, 2.75) is 57.6 Å². The van der Waals surface area contributed by atoms with Gasteiger partial charge in [0.05, 0.1) is 0 Å². The van der Waals surface area contributed by atoms with Crippen LogP contribution in [0.5, 0.6) is 5.75 Å². The Hall–Kier alpha value is -1.02. The number of aryl methyl sites for hydroxylation is 2. The molecule has 2 aliphatic rings. The Morgan fingerprint density at radius 1 is 1.28 bits per heavy atom. The third-order valence-electron chi connectivity index (χ3n) is 4.04. The summed E-state index contributed by atoms with van der Waals surface area (Å²) in [6, 6.07) is 7.41. The van der Waals surface area contributed by atoms with Gasteiger partial charge in [-0.05, 0) is 61.8 Å². The largest absolute Gasteiger partial charge is 0.489 e. The van der Waals surface area contributed by atoms with Crippen LogP contribution in [0.25, 0.3) is 0 Å². The van der Waals surface area contributed by atoms with Crippen LogP contribution in [-0.2, 0) is 12.8 Å². The van der Waals surface area contributed by atoms with Crippen LogP contribution in [0.3, 0.4) is 0 Å². The van der Waals surface area contributed by atoms with Crippen molar-refractivity contribution in [3.05, 3.63) is 29.3 Å². The van der Waals surface area contributed by atoms with Gasteiger partial charge in [-0.1, -0.05) is 13.0 Å². The molecule has 2 aliphatic carbocycles. The molecule has 1 N–H and O–H groups in total. The molecule has 1 saturated carbocycles. The summed E-state index contributed by atoms with van der Waals surface area (Å²) in [6.45, 7) is 3.19. The SMILES string of the molecule is CCC(CNC1CC1)Oc1ccc2c(c1)CCC2. The maximum Gasteiger partial charge on any atom is 0.120 e. The molecule has 0 spiro atoms. The topological polar surface area (TPSA) is 21.3 Å². The smallest absolute Gasteiger partial charge is 0.120 e. The molecule has 18 heavy (non-hydrogen) atoms. The van der Waals surface area contributed by atoms with E-state index < -0.39 is 0 Å². The van der Waals surface area contributed by atoms with Crippen molar-refractivity contribution >= 4 is 0 Å². The van der Waals surface area contributed by atoms with Gasteiger partial charge in [-0.15, -0.1) is 0 Å².